The van der Waals surface area contributed by atoms with Crippen molar-refractivity contribution in [2.45, 2.75) is 39.3 Å². The number of carboxylic acids is 1. The summed E-state index contributed by atoms with van der Waals surface area (Å²) in [6, 6.07) is 5.31. The van der Waals surface area contributed by atoms with Gasteiger partial charge >= 0.3 is 5.97 Å². The molecule has 1 atom stereocenters. The first kappa shape index (κ1) is 16.1. The van der Waals surface area contributed by atoms with E-state index in [4.69, 9.17) is 9.84 Å². The Morgan fingerprint density at radius 1 is 1.45 bits per heavy atom. The van der Waals surface area contributed by atoms with Crippen molar-refractivity contribution >= 4 is 17.6 Å². The van der Waals surface area contributed by atoms with Gasteiger partial charge in [-0.3, -0.25) is 9.59 Å². The van der Waals surface area contributed by atoms with E-state index in [1.807, 2.05) is 25.7 Å². The molecule has 0 radical (unpaired) electrons. The number of carboxylic acid groups (broad SMARTS) is 1. The number of aliphatic carboxylic acids is 1. The molecule has 0 bridgehead atoms. The van der Waals surface area contributed by atoms with Gasteiger partial charge < -0.3 is 20.1 Å². The number of anilines is 1. The third kappa shape index (κ3) is 3.69. The number of carbonyl (C=O) groups is 2. The Balaban J connectivity index is 2.25. The van der Waals surface area contributed by atoms with Gasteiger partial charge in [0.1, 0.15) is 11.9 Å². The molecule has 1 heterocycles. The lowest BCUT2D eigenvalue weighted by Gasteiger charge is -2.35. The number of nitrogens with one attached hydrogen (secondary N) is 1. The lowest BCUT2D eigenvalue weighted by atomic mass is 10.1. The maximum atomic E-state index is 12.1. The minimum absolute atomic E-state index is 0.0362. The van der Waals surface area contributed by atoms with Crippen LogP contribution in [0, 0.1) is 0 Å². The Morgan fingerprint density at radius 2 is 2.18 bits per heavy atom. The molecule has 1 amide bonds. The third-order valence-electron chi connectivity index (χ3n) is 3.48. The minimum Gasteiger partial charge on any atom is -0.486 e. The van der Waals surface area contributed by atoms with E-state index in [1.165, 1.54) is 0 Å². The molecule has 0 saturated heterocycles. The van der Waals surface area contributed by atoms with E-state index in [0.717, 1.165) is 12.2 Å². The number of rotatable bonds is 5. The predicted molar refractivity (Wildman–Crippen MR) is 83.6 cm³/mol. The summed E-state index contributed by atoms with van der Waals surface area (Å²) < 4.78 is 5.74. The number of likely N-dealkylation sites (N-methyl/N-ethyl adjacent to an activating group) is 1. The van der Waals surface area contributed by atoms with Crippen molar-refractivity contribution in [3.8, 4) is 5.75 Å². The molecule has 6 nitrogen and oxygen atoms in total. The van der Waals surface area contributed by atoms with Crippen LogP contribution in [-0.4, -0.2) is 42.2 Å². The first-order valence-electron chi connectivity index (χ1n) is 7.49. The SMILES string of the molecule is CCN1CC(CC(=O)O)Oc2ccc(C(=O)NC(C)C)cc21. The molecule has 0 aromatic heterocycles. The number of carbonyl (C=O) groups excluding carboxylic acids is 1. The average Bonchev–Trinajstić information content (AvgIpc) is 2.44. The molecular weight excluding hydrogens is 284 g/mol. The van der Waals surface area contributed by atoms with Crippen molar-refractivity contribution in [3.05, 3.63) is 23.8 Å². The molecule has 0 aliphatic carbocycles. The quantitative estimate of drug-likeness (QED) is 0.868. The van der Waals surface area contributed by atoms with Crippen molar-refractivity contribution in [2.24, 2.45) is 0 Å². The van der Waals surface area contributed by atoms with Crippen LogP contribution in [0.2, 0.25) is 0 Å². The second-order valence-corrected chi connectivity index (χ2v) is 5.69. The van der Waals surface area contributed by atoms with Gasteiger partial charge in [-0.2, -0.15) is 0 Å². The summed E-state index contributed by atoms with van der Waals surface area (Å²) in [5.74, 6) is -0.376. The van der Waals surface area contributed by atoms with Crippen LogP contribution < -0.4 is 15.0 Å². The molecule has 2 N–H and O–H groups in total. The Bertz CT molecular complexity index is 571. The Hall–Kier alpha value is -2.24. The van der Waals surface area contributed by atoms with Crippen LogP contribution in [0.3, 0.4) is 0 Å². The smallest absolute Gasteiger partial charge is 0.307 e. The first-order valence-corrected chi connectivity index (χ1v) is 7.49. The molecule has 0 fully saturated rings. The third-order valence-corrected chi connectivity index (χ3v) is 3.48. The lowest BCUT2D eigenvalue weighted by Crippen LogP contribution is -2.41. The van der Waals surface area contributed by atoms with Crippen LogP contribution in [0.15, 0.2) is 18.2 Å². The molecule has 2 rings (SSSR count). The molecule has 6 heteroatoms. The summed E-state index contributed by atoms with van der Waals surface area (Å²) in [5, 5.41) is 11.8. The Kier molecular flexibility index (Phi) is 4.90. The van der Waals surface area contributed by atoms with Crippen molar-refractivity contribution in [1.82, 2.24) is 5.32 Å². The van der Waals surface area contributed by atoms with Crippen LogP contribution >= 0.6 is 0 Å². The second-order valence-electron chi connectivity index (χ2n) is 5.69. The maximum absolute atomic E-state index is 12.1. The fraction of sp³-hybridized carbons (Fsp3) is 0.500. The van der Waals surface area contributed by atoms with Crippen LogP contribution in [0.1, 0.15) is 37.6 Å². The summed E-state index contributed by atoms with van der Waals surface area (Å²) in [5.41, 5.74) is 1.41. The Morgan fingerprint density at radius 3 is 2.77 bits per heavy atom. The molecule has 1 aromatic rings. The number of hydrogen-bond acceptors (Lipinski definition) is 4. The van der Waals surface area contributed by atoms with Crippen LogP contribution in [0.4, 0.5) is 5.69 Å². The average molecular weight is 306 g/mol. The lowest BCUT2D eigenvalue weighted by molar-refractivity contribution is -0.138. The van der Waals surface area contributed by atoms with E-state index < -0.39 is 5.97 Å². The van der Waals surface area contributed by atoms with E-state index >= 15 is 0 Å². The van der Waals surface area contributed by atoms with E-state index in [9.17, 15) is 9.59 Å². The van der Waals surface area contributed by atoms with Gasteiger partial charge in [0.05, 0.1) is 18.7 Å². The molecule has 1 aliphatic heterocycles. The number of nitrogens with zero attached hydrogens (tertiary/aromatic N) is 1. The van der Waals surface area contributed by atoms with Gasteiger partial charge in [0.2, 0.25) is 0 Å². The van der Waals surface area contributed by atoms with Crippen LogP contribution in [0.5, 0.6) is 5.75 Å². The fourth-order valence-corrected chi connectivity index (χ4v) is 2.51. The van der Waals surface area contributed by atoms with Crippen molar-refractivity contribution in [1.29, 1.82) is 0 Å². The molecule has 1 aliphatic rings. The summed E-state index contributed by atoms with van der Waals surface area (Å²) in [4.78, 5) is 25.0. The Labute approximate surface area is 130 Å². The van der Waals surface area contributed by atoms with E-state index in [0.29, 0.717) is 17.9 Å². The van der Waals surface area contributed by atoms with Crippen molar-refractivity contribution < 1.29 is 19.4 Å². The molecular formula is C16H22N2O4. The largest absolute Gasteiger partial charge is 0.486 e. The van der Waals surface area contributed by atoms with Gasteiger partial charge in [0, 0.05) is 18.2 Å². The number of amides is 1. The first-order chi connectivity index (χ1) is 10.4. The molecule has 0 saturated carbocycles. The summed E-state index contributed by atoms with van der Waals surface area (Å²) in [6.07, 6.45) is -0.411. The minimum atomic E-state index is -0.877. The highest BCUT2D eigenvalue weighted by Gasteiger charge is 2.27. The second kappa shape index (κ2) is 6.68. The van der Waals surface area contributed by atoms with Gasteiger partial charge in [-0.05, 0) is 39.0 Å². The number of ether oxygens (including phenoxy) is 1. The predicted octanol–water partition coefficient (Wildman–Crippen LogP) is 1.89. The molecule has 120 valence electrons. The highest BCUT2D eigenvalue weighted by Crippen LogP contribution is 2.34. The van der Waals surface area contributed by atoms with Gasteiger partial charge in [-0.25, -0.2) is 0 Å². The van der Waals surface area contributed by atoms with Gasteiger partial charge in [0.25, 0.3) is 5.91 Å². The standard InChI is InChI=1S/C16H22N2O4/c1-4-18-9-12(8-15(19)20)22-14-6-5-11(7-13(14)18)16(21)17-10(2)3/h5-7,10,12H,4,8-9H2,1-3H3,(H,17,21)(H,19,20). The van der Waals surface area contributed by atoms with E-state index in [2.05, 4.69) is 5.32 Å². The molecule has 22 heavy (non-hydrogen) atoms. The topological polar surface area (TPSA) is 78.9 Å². The normalized spacial score (nSPS) is 16.9. The van der Waals surface area contributed by atoms with Gasteiger partial charge in [-0.1, -0.05) is 0 Å². The molecule has 0 spiro atoms. The number of hydrogen-bond donors (Lipinski definition) is 2. The van der Waals surface area contributed by atoms with Crippen LogP contribution in [-0.2, 0) is 4.79 Å². The van der Waals surface area contributed by atoms with E-state index in [1.54, 1.807) is 18.2 Å². The zero-order valence-corrected chi connectivity index (χ0v) is 13.1. The van der Waals surface area contributed by atoms with Gasteiger partial charge in [-0.15, -0.1) is 0 Å². The summed E-state index contributed by atoms with van der Waals surface area (Å²) in [7, 11) is 0. The summed E-state index contributed by atoms with van der Waals surface area (Å²) >= 11 is 0. The van der Waals surface area contributed by atoms with Crippen molar-refractivity contribution in [3.63, 3.8) is 0 Å². The number of benzene rings is 1. The van der Waals surface area contributed by atoms with E-state index in [-0.39, 0.29) is 24.5 Å². The van der Waals surface area contributed by atoms with Crippen molar-refractivity contribution in [2.75, 3.05) is 18.0 Å². The zero-order chi connectivity index (χ0) is 16.3. The molecule has 1 aromatic carbocycles. The molecule has 1 unspecified atom stereocenters. The maximum Gasteiger partial charge on any atom is 0.307 e. The van der Waals surface area contributed by atoms with Crippen LogP contribution in [0.25, 0.3) is 0 Å². The van der Waals surface area contributed by atoms with Gasteiger partial charge in [0.15, 0.2) is 0 Å². The highest BCUT2D eigenvalue weighted by atomic mass is 16.5. The monoisotopic (exact) mass is 306 g/mol. The number of fused-ring (bicyclic) bond motifs is 1. The fourth-order valence-electron chi connectivity index (χ4n) is 2.51. The highest BCUT2D eigenvalue weighted by molar-refractivity contribution is 5.96. The summed E-state index contributed by atoms with van der Waals surface area (Å²) in [6.45, 7) is 7.04. The zero-order valence-electron chi connectivity index (χ0n) is 13.1.